The summed E-state index contributed by atoms with van der Waals surface area (Å²) >= 11 is 0. The molecule has 2 aliphatic rings. The fraction of sp³-hybridized carbons (Fsp3) is 0.636. The highest BCUT2D eigenvalue weighted by Gasteiger charge is 2.28. The monoisotopic (exact) mass is 342 g/mol. The normalized spacial score (nSPS) is 15.8. The van der Waals surface area contributed by atoms with Crippen LogP contribution in [0.3, 0.4) is 0 Å². The van der Waals surface area contributed by atoms with Crippen LogP contribution < -0.4 is 15.0 Å². The first-order chi connectivity index (χ1) is 12.3. The summed E-state index contributed by atoms with van der Waals surface area (Å²) in [6, 6.07) is 2.44. The second-order valence-electron chi connectivity index (χ2n) is 7.39. The molecule has 0 bridgehead atoms. The van der Waals surface area contributed by atoms with Gasteiger partial charge in [0.15, 0.2) is 0 Å². The van der Waals surface area contributed by atoms with Crippen LogP contribution in [0.1, 0.15) is 55.2 Å². The fourth-order valence-corrected chi connectivity index (χ4v) is 4.28. The van der Waals surface area contributed by atoms with Crippen molar-refractivity contribution in [2.45, 2.75) is 57.8 Å². The topological polar surface area (TPSA) is 24.5 Å². The first-order valence-electron chi connectivity index (χ1n) is 10.2. The highest BCUT2D eigenvalue weighted by Crippen LogP contribution is 2.43. The van der Waals surface area contributed by atoms with E-state index in [1.165, 1.54) is 74.2 Å². The van der Waals surface area contributed by atoms with Gasteiger partial charge in [0.1, 0.15) is 5.75 Å². The van der Waals surface area contributed by atoms with Crippen molar-refractivity contribution >= 4 is 5.69 Å². The predicted octanol–water partition coefficient (Wildman–Crippen LogP) is 4.27. The van der Waals surface area contributed by atoms with Crippen molar-refractivity contribution in [2.24, 2.45) is 0 Å². The molecule has 0 spiro atoms. The molecular weight excluding hydrogens is 308 g/mol. The number of nitrogens with one attached hydrogen (secondary N) is 1. The number of anilines is 1. The molecule has 0 atom stereocenters. The summed E-state index contributed by atoms with van der Waals surface area (Å²) < 4.78 is 6.40. The van der Waals surface area contributed by atoms with E-state index in [4.69, 9.17) is 4.74 Å². The molecule has 3 rings (SSSR count). The summed E-state index contributed by atoms with van der Waals surface area (Å²) in [6.07, 6.45) is 12.7. The van der Waals surface area contributed by atoms with Crippen molar-refractivity contribution in [3.05, 3.63) is 35.4 Å². The van der Waals surface area contributed by atoms with Crippen molar-refractivity contribution in [2.75, 3.05) is 38.2 Å². The van der Waals surface area contributed by atoms with Crippen molar-refractivity contribution in [1.29, 1.82) is 0 Å². The van der Waals surface area contributed by atoms with Gasteiger partial charge in [-0.3, -0.25) is 0 Å². The number of unbranched alkanes of at least 4 members (excludes halogenated alkanes) is 2. The molecule has 3 heteroatoms. The number of hydrogen-bond acceptors (Lipinski definition) is 3. The average Bonchev–Trinajstić information content (AvgIpc) is 2.64. The lowest BCUT2D eigenvalue weighted by molar-refractivity contribution is 0.298. The lowest BCUT2D eigenvalue weighted by Gasteiger charge is -2.38. The molecular formula is C22H34N2O. The first-order valence-corrected chi connectivity index (χ1v) is 10.2. The van der Waals surface area contributed by atoms with E-state index in [1.807, 2.05) is 13.1 Å². The van der Waals surface area contributed by atoms with Gasteiger partial charge in [-0.1, -0.05) is 12.1 Å². The van der Waals surface area contributed by atoms with Crippen LogP contribution >= 0.6 is 0 Å². The quantitative estimate of drug-likeness (QED) is 0.507. The molecule has 1 N–H and O–H groups in total. The molecule has 0 saturated carbocycles. The van der Waals surface area contributed by atoms with E-state index in [2.05, 4.69) is 22.9 Å². The molecule has 2 aliphatic heterocycles. The Morgan fingerprint density at radius 1 is 1.20 bits per heavy atom. The maximum atomic E-state index is 6.40. The number of aryl methyl sites for hydroxylation is 2. The van der Waals surface area contributed by atoms with Crippen LogP contribution in [0, 0.1) is 0 Å². The molecule has 0 aliphatic carbocycles. The Bertz CT molecular complexity index is 580. The molecule has 25 heavy (non-hydrogen) atoms. The number of hydrogen-bond donors (Lipinski definition) is 1. The lowest BCUT2D eigenvalue weighted by Crippen LogP contribution is -2.35. The third-order valence-corrected chi connectivity index (χ3v) is 5.48. The van der Waals surface area contributed by atoms with Gasteiger partial charge >= 0.3 is 0 Å². The molecule has 0 fully saturated rings. The molecule has 0 unspecified atom stereocenters. The zero-order chi connectivity index (χ0) is 17.5. The van der Waals surface area contributed by atoms with E-state index in [0.29, 0.717) is 0 Å². The van der Waals surface area contributed by atoms with Gasteiger partial charge < -0.3 is 15.0 Å². The summed E-state index contributed by atoms with van der Waals surface area (Å²) in [5.41, 5.74) is 5.98. The second-order valence-corrected chi connectivity index (χ2v) is 7.39. The molecule has 3 nitrogen and oxygen atoms in total. The van der Waals surface area contributed by atoms with Crippen LogP contribution in [-0.2, 0) is 19.3 Å². The third kappa shape index (κ3) is 4.38. The number of allylic oxidation sites excluding steroid dienone is 1. The maximum Gasteiger partial charge on any atom is 0.127 e. The Labute approximate surface area is 153 Å². The summed E-state index contributed by atoms with van der Waals surface area (Å²) in [5, 5.41) is 3.22. The minimum Gasteiger partial charge on any atom is -0.493 e. The van der Waals surface area contributed by atoms with Crippen LogP contribution in [0.15, 0.2) is 18.7 Å². The summed E-state index contributed by atoms with van der Waals surface area (Å²) in [5.74, 6) is 1.21. The summed E-state index contributed by atoms with van der Waals surface area (Å²) in [7, 11) is 2.02. The van der Waals surface area contributed by atoms with Gasteiger partial charge in [0.05, 0.1) is 6.61 Å². The van der Waals surface area contributed by atoms with Crippen LogP contribution in [0.2, 0.25) is 0 Å². The van der Waals surface area contributed by atoms with Gasteiger partial charge in [-0.05, 0) is 82.5 Å². The van der Waals surface area contributed by atoms with E-state index in [-0.39, 0.29) is 0 Å². The minimum absolute atomic E-state index is 0.844. The molecule has 2 heterocycles. The Morgan fingerprint density at radius 2 is 2.04 bits per heavy atom. The fourth-order valence-electron chi connectivity index (χ4n) is 4.28. The highest BCUT2D eigenvalue weighted by atomic mass is 16.5. The van der Waals surface area contributed by atoms with Gasteiger partial charge in [0, 0.05) is 24.3 Å². The van der Waals surface area contributed by atoms with Crippen molar-refractivity contribution in [3.8, 4) is 5.75 Å². The SMILES string of the molecule is C=CCCc1cc2c3c(c1OCCCCCNC)CCCN3CCC2. The van der Waals surface area contributed by atoms with Crippen molar-refractivity contribution in [3.63, 3.8) is 0 Å². The molecule has 0 amide bonds. The highest BCUT2D eigenvalue weighted by molar-refractivity contribution is 5.69. The standard InChI is InChI=1S/C22H34N2O/c1-3-4-10-19-17-18-11-8-14-24-15-9-12-20(21(18)24)22(19)25-16-7-5-6-13-23-2/h3,17,23H,1,4-16H2,2H3. The van der Waals surface area contributed by atoms with E-state index >= 15 is 0 Å². The van der Waals surface area contributed by atoms with Crippen LogP contribution in [-0.4, -0.2) is 33.3 Å². The number of nitrogens with zero attached hydrogens (tertiary/aromatic N) is 1. The van der Waals surface area contributed by atoms with E-state index in [1.54, 1.807) is 5.56 Å². The Kier molecular flexibility index (Phi) is 6.80. The van der Waals surface area contributed by atoms with Crippen LogP contribution in [0.25, 0.3) is 0 Å². The molecule has 0 saturated heterocycles. The van der Waals surface area contributed by atoms with Gasteiger partial charge in [-0.15, -0.1) is 6.58 Å². The van der Waals surface area contributed by atoms with Crippen LogP contribution in [0.4, 0.5) is 5.69 Å². The zero-order valence-electron chi connectivity index (χ0n) is 15.9. The van der Waals surface area contributed by atoms with Crippen molar-refractivity contribution in [1.82, 2.24) is 5.32 Å². The summed E-state index contributed by atoms with van der Waals surface area (Å²) in [4.78, 5) is 2.61. The van der Waals surface area contributed by atoms with Crippen molar-refractivity contribution < 1.29 is 4.74 Å². The lowest BCUT2D eigenvalue weighted by atomic mass is 9.88. The molecule has 0 radical (unpaired) electrons. The second kappa shape index (κ2) is 9.28. The number of benzene rings is 1. The van der Waals surface area contributed by atoms with E-state index in [9.17, 15) is 0 Å². The average molecular weight is 343 g/mol. The molecule has 138 valence electrons. The first kappa shape index (κ1) is 18.3. The van der Waals surface area contributed by atoms with E-state index in [0.717, 1.165) is 32.4 Å². The molecule has 0 aromatic heterocycles. The molecule has 1 aromatic rings. The number of rotatable bonds is 10. The predicted molar refractivity (Wildman–Crippen MR) is 107 cm³/mol. The molecule has 1 aromatic carbocycles. The van der Waals surface area contributed by atoms with Gasteiger partial charge in [0.25, 0.3) is 0 Å². The number of ether oxygens (including phenoxy) is 1. The third-order valence-electron chi connectivity index (χ3n) is 5.48. The summed E-state index contributed by atoms with van der Waals surface area (Å²) in [6.45, 7) is 8.29. The smallest absolute Gasteiger partial charge is 0.127 e. The largest absolute Gasteiger partial charge is 0.493 e. The van der Waals surface area contributed by atoms with Gasteiger partial charge in [-0.2, -0.15) is 0 Å². The Morgan fingerprint density at radius 3 is 2.84 bits per heavy atom. The van der Waals surface area contributed by atoms with Gasteiger partial charge in [0.2, 0.25) is 0 Å². The minimum atomic E-state index is 0.844. The zero-order valence-corrected chi connectivity index (χ0v) is 15.9. The maximum absolute atomic E-state index is 6.40. The Hall–Kier alpha value is -1.48. The van der Waals surface area contributed by atoms with E-state index < -0.39 is 0 Å². The van der Waals surface area contributed by atoms with Gasteiger partial charge in [-0.25, -0.2) is 0 Å². The Balaban J connectivity index is 1.78. The van der Waals surface area contributed by atoms with Crippen LogP contribution in [0.5, 0.6) is 5.75 Å².